The highest BCUT2D eigenvalue weighted by molar-refractivity contribution is 6.07. The largest absolute Gasteiger partial charge is 0.573 e. The normalized spacial score (nSPS) is 13.9. The number of fused-ring (bicyclic) bond motifs is 1. The lowest BCUT2D eigenvalue weighted by molar-refractivity contribution is -0.274. The van der Waals surface area contributed by atoms with Crippen molar-refractivity contribution >= 4 is 11.6 Å². The van der Waals surface area contributed by atoms with E-state index >= 15 is 0 Å². The molecule has 10 heteroatoms. The molecule has 1 aromatic heterocycles. The number of anilines is 1. The number of hydrogen-bond acceptors (Lipinski definition) is 5. The highest BCUT2D eigenvalue weighted by Gasteiger charge is 2.32. The third-order valence-corrected chi connectivity index (χ3v) is 4.69. The van der Waals surface area contributed by atoms with Crippen LogP contribution in [0, 0.1) is 6.92 Å². The number of aryl methyl sites for hydroxylation is 2. The monoisotopic (exact) mass is 403 g/mol. The molecule has 4 rings (SSSR count). The Morgan fingerprint density at radius 3 is 2.62 bits per heavy atom. The highest BCUT2D eigenvalue weighted by atomic mass is 19.4. The zero-order chi connectivity index (χ0) is 20.6. The minimum Gasteiger partial charge on any atom is -0.406 e. The summed E-state index contributed by atoms with van der Waals surface area (Å²) in [5, 5.41) is 11.0. The summed E-state index contributed by atoms with van der Waals surface area (Å²) >= 11 is 0. The fourth-order valence-electron chi connectivity index (χ4n) is 3.45. The maximum absolute atomic E-state index is 13.1. The van der Waals surface area contributed by atoms with E-state index in [0.717, 1.165) is 11.3 Å². The molecule has 0 unspecified atom stereocenters. The molecule has 0 fully saturated rings. The second kappa shape index (κ2) is 7.19. The maximum Gasteiger partial charge on any atom is 0.573 e. The maximum atomic E-state index is 13.1. The van der Waals surface area contributed by atoms with E-state index < -0.39 is 6.36 Å². The van der Waals surface area contributed by atoms with Crippen molar-refractivity contribution in [2.75, 3.05) is 11.4 Å². The van der Waals surface area contributed by atoms with Gasteiger partial charge in [-0.25, -0.2) is 4.68 Å². The zero-order valence-corrected chi connectivity index (χ0v) is 15.3. The van der Waals surface area contributed by atoms with Gasteiger partial charge in [0.05, 0.1) is 5.69 Å². The second-order valence-electron chi connectivity index (χ2n) is 6.65. The Hall–Kier alpha value is -3.43. The number of tetrazole rings is 1. The van der Waals surface area contributed by atoms with E-state index in [1.54, 1.807) is 23.1 Å². The third kappa shape index (κ3) is 3.91. The molecule has 0 saturated heterocycles. The molecule has 1 amide bonds. The van der Waals surface area contributed by atoms with Crippen LogP contribution in [-0.4, -0.2) is 39.0 Å². The van der Waals surface area contributed by atoms with Gasteiger partial charge in [-0.3, -0.25) is 4.79 Å². The molecule has 7 nitrogen and oxygen atoms in total. The topological polar surface area (TPSA) is 73.1 Å². The summed E-state index contributed by atoms with van der Waals surface area (Å²) in [7, 11) is 0. The van der Waals surface area contributed by atoms with Crippen molar-refractivity contribution in [1.29, 1.82) is 0 Å². The van der Waals surface area contributed by atoms with E-state index in [-0.39, 0.29) is 11.7 Å². The van der Waals surface area contributed by atoms with Gasteiger partial charge in [-0.15, -0.1) is 18.3 Å². The quantitative estimate of drug-likeness (QED) is 0.670. The molecule has 0 N–H and O–H groups in total. The molecule has 0 saturated carbocycles. The van der Waals surface area contributed by atoms with Gasteiger partial charge in [0.25, 0.3) is 5.91 Å². The number of carbonyl (C=O) groups is 1. The van der Waals surface area contributed by atoms with Gasteiger partial charge < -0.3 is 9.64 Å². The van der Waals surface area contributed by atoms with Crippen LogP contribution in [0.5, 0.6) is 5.75 Å². The number of halogens is 3. The number of alkyl halides is 3. The summed E-state index contributed by atoms with van der Waals surface area (Å²) in [6.45, 7) is 2.33. The standard InChI is InChI=1S/C19H16F3N5O2/c1-12-9-14(4-6-16(12)27-11-23-24-25-27)18(28)26-8-2-3-13-10-15(5-7-17(13)26)29-19(20,21)22/h4-7,9-11H,2-3,8H2,1H3. The van der Waals surface area contributed by atoms with Gasteiger partial charge in [0.15, 0.2) is 0 Å². The van der Waals surface area contributed by atoms with Gasteiger partial charge in [-0.2, -0.15) is 0 Å². The average molecular weight is 403 g/mol. The summed E-state index contributed by atoms with van der Waals surface area (Å²) < 4.78 is 42.9. The number of rotatable bonds is 3. The highest BCUT2D eigenvalue weighted by Crippen LogP contribution is 2.33. The van der Waals surface area contributed by atoms with Gasteiger partial charge in [-0.1, -0.05) is 0 Å². The molecule has 2 heterocycles. The number of ether oxygens (including phenoxy) is 1. The molecular weight excluding hydrogens is 387 g/mol. The van der Waals surface area contributed by atoms with Gasteiger partial charge in [-0.05, 0) is 77.7 Å². The summed E-state index contributed by atoms with van der Waals surface area (Å²) in [5.74, 6) is -0.506. The van der Waals surface area contributed by atoms with Crippen LogP contribution >= 0.6 is 0 Å². The number of benzene rings is 2. The Morgan fingerprint density at radius 2 is 1.93 bits per heavy atom. The Balaban J connectivity index is 1.61. The molecule has 1 aliphatic heterocycles. The average Bonchev–Trinajstić information content (AvgIpc) is 3.20. The van der Waals surface area contributed by atoms with Crippen LogP contribution < -0.4 is 9.64 Å². The zero-order valence-electron chi connectivity index (χ0n) is 15.3. The molecule has 150 valence electrons. The lowest BCUT2D eigenvalue weighted by atomic mass is 10.00. The number of hydrogen-bond donors (Lipinski definition) is 0. The van der Waals surface area contributed by atoms with Crippen LogP contribution in [0.3, 0.4) is 0 Å². The molecule has 0 spiro atoms. The molecule has 0 aliphatic carbocycles. The molecule has 0 atom stereocenters. The van der Waals surface area contributed by atoms with Crippen LogP contribution in [-0.2, 0) is 6.42 Å². The van der Waals surface area contributed by atoms with Crippen molar-refractivity contribution in [1.82, 2.24) is 20.2 Å². The van der Waals surface area contributed by atoms with Crippen molar-refractivity contribution < 1.29 is 22.7 Å². The molecular formula is C19H16F3N5O2. The fraction of sp³-hybridized carbons (Fsp3) is 0.263. The van der Waals surface area contributed by atoms with Crippen LogP contribution in [0.2, 0.25) is 0 Å². The fourth-order valence-corrected chi connectivity index (χ4v) is 3.45. The van der Waals surface area contributed by atoms with Crippen LogP contribution in [0.4, 0.5) is 18.9 Å². The van der Waals surface area contributed by atoms with Crippen molar-refractivity contribution in [2.45, 2.75) is 26.1 Å². The summed E-state index contributed by atoms with van der Waals surface area (Å²) in [6, 6.07) is 9.24. The van der Waals surface area contributed by atoms with Gasteiger partial charge in [0.1, 0.15) is 12.1 Å². The predicted molar refractivity (Wildman–Crippen MR) is 97.0 cm³/mol. The number of carbonyl (C=O) groups excluding carboxylic acids is 1. The van der Waals surface area contributed by atoms with Crippen LogP contribution in [0.1, 0.15) is 27.9 Å². The number of nitrogens with zero attached hydrogens (tertiary/aromatic N) is 5. The van der Waals surface area contributed by atoms with E-state index in [1.165, 1.54) is 29.2 Å². The molecule has 1 aliphatic rings. The minimum absolute atomic E-state index is 0.221. The Morgan fingerprint density at radius 1 is 1.14 bits per heavy atom. The van der Waals surface area contributed by atoms with Crippen LogP contribution in [0.15, 0.2) is 42.7 Å². The van der Waals surface area contributed by atoms with Gasteiger partial charge in [0.2, 0.25) is 0 Å². The van der Waals surface area contributed by atoms with Crippen molar-refractivity contribution in [3.8, 4) is 11.4 Å². The van der Waals surface area contributed by atoms with Crippen molar-refractivity contribution in [2.24, 2.45) is 0 Å². The van der Waals surface area contributed by atoms with E-state index in [1.807, 2.05) is 6.92 Å². The first-order valence-corrected chi connectivity index (χ1v) is 8.86. The lowest BCUT2D eigenvalue weighted by Gasteiger charge is -2.30. The summed E-state index contributed by atoms with van der Waals surface area (Å²) in [6.07, 6.45) is -2.07. The third-order valence-electron chi connectivity index (χ3n) is 4.69. The van der Waals surface area contributed by atoms with Gasteiger partial charge in [0, 0.05) is 17.8 Å². The lowest BCUT2D eigenvalue weighted by Crippen LogP contribution is -2.35. The van der Waals surface area contributed by atoms with Crippen molar-refractivity contribution in [3.05, 3.63) is 59.4 Å². The Bertz CT molecular complexity index is 1050. The number of aromatic nitrogens is 4. The molecule has 2 aromatic carbocycles. The predicted octanol–water partition coefficient (Wildman–Crippen LogP) is 3.46. The summed E-state index contributed by atoms with van der Waals surface area (Å²) in [4.78, 5) is 14.7. The first-order chi connectivity index (χ1) is 13.8. The Kier molecular flexibility index (Phi) is 4.69. The first-order valence-electron chi connectivity index (χ1n) is 8.86. The first kappa shape index (κ1) is 18.9. The smallest absolute Gasteiger partial charge is 0.406 e. The molecule has 0 radical (unpaired) electrons. The molecule has 29 heavy (non-hydrogen) atoms. The van der Waals surface area contributed by atoms with E-state index in [4.69, 9.17) is 0 Å². The van der Waals surface area contributed by atoms with E-state index in [9.17, 15) is 18.0 Å². The van der Waals surface area contributed by atoms with E-state index in [2.05, 4.69) is 20.3 Å². The van der Waals surface area contributed by atoms with Crippen molar-refractivity contribution in [3.63, 3.8) is 0 Å². The van der Waals surface area contributed by atoms with Gasteiger partial charge >= 0.3 is 6.36 Å². The molecule has 0 bridgehead atoms. The minimum atomic E-state index is -4.75. The SMILES string of the molecule is Cc1cc(C(=O)N2CCCc3cc(OC(F)(F)F)ccc32)ccc1-n1cnnn1. The summed E-state index contributed by atoms with van der Waals surface area (Å²) in [5.41, 5.74) is 3.28. The Labute approximate surface area is 163 Å². The number of amides is 1. The van der Waals surface area contributed by atoms with Crippen LogP contribution in [0.25, 0.3) is 5.69 Å². The molecule has 3 aromatic rings. The van der Waals surface area contributed by atoms with E-state index in [0.29, 0.717) is 36.2 Å². The second-order valence-corrected chi connectivity index (χ2v) is 6.65.